The first-order valence-corrected chi connectivity index (χ1v) is 12.1. The van der Waals surface area contributed by atoms with Crippen LogP contribution in [0.25, 0.3) is 0 Å². The quantitative estimate of drug-likeness (QED) is 0.374. The highest BCUT2D eigenvalue weighted by molar-refractivity contribution is 8.00. The topological polar surface area (TPSA) is 61.8 Å². The molecule has 4 rings (SSSR count). The van der Waals surface area contributed by atoms with E-state index in [1.54, 1.807) is 23.9 Å². The lowest BCUT2D eigenvalue weighted by Crippen LogP contribution is -2.27. The Hall–Kier alpha value is -3.38. The van der Waals surface area contributed by atoms with Crippen LogP contribution >= 0.6 is 11.8 Å². The predicted octanol–water partition coefficient (Wildman–Crippen LogP) is 5.20. The number of nitrogens with one attached hydrogen (secondary N) is 1. The highest BCUT2D eigenvalue weighted by Crippen LogP contribution is 2.39. The molecule has 0 radical (unpaired) electrons. The molecule has 3 aromatic carbocycles. The van der Waals surface area contributed by atoms with E-state index in [9.17, 15) is 9.59 Å². The Bertz CT molecular complexity index is 1120. The maximum Gasteiger partial charge on any atom is 0.271 e. The molecule has 168 valence electrons. The van der Waals surface area contributed by atoms with Crippen LogP contribution in [0.3, 0.4) is 0 Å². The summed E-state index contributed by atoms with van der Waals surface area (Å²) in [6, 6.07) is 27.7. The molecular weight excluding hydrogens is 430 g/mol. The summed E-state index contributed by atoms with van der Waals surface area (Å²) in [5.74, 6) is 0.365. The van der Waals surface area contributed by atoms with E-state index < -0.39 is 0 Å². The van der Waals surface area contributed by atoms with Gasteiger partial charge in [0, 0.05) is 17.8 Å². The van der Waals surface area contributed by atoms with Crippen LogP contribution in [0.5, 0.6) is 0 Å². The van der Waals surface area contributed by atoms with Crippen molar-refractivity contribution < 1.29 is 9.59 Å². The van der Waals surface area contributed by atoms with Gasteiger partial charge in [0.25, 0.3) is 5.91 Å². The number of benzene rings is 3. The van der Waals surface area contributed by atoms with Gasteiger partial charge in [0.2, 0.25) is 5.91 Å². The van der Waals surface area contributed by atoms with E-state index in [0.29, 0.717) is 17.9 Å². The molecule has 0 aliphatic carbocycles. The molecular formula is C27H27N3O2S. The van der Waals surface area contributed by atoms with E-state index in [2.05, 4.69) is 22.7 Å². The van der Waals surface area contributed by atoms with Crippen molar-refractivity contribution in [1.82, 2.24) is 10.3 Å². The number of carbonyl (C=O) groups is 2. The fourth-order valence-electron chi connectivity index (χ4n) is 3.72. The maximum atomic E-state index is 12.5. The molecule has 3 aromatic rings. The second kappa shape index (κ2) is 11.0. The third kappa shape index (κ3) is 6.11. The van der Waals surface area contributed by atoms with Gasteiger partial charge in [0.1, 0.15) is 5.37 Å². The molecule has 1 aliphatic heterocycles. The number of nitrogens with zero attached hydrogens (tertiary/aromatic N) is 2. The molecule has 1 fully saturated rings. The van der Waals surface area contributed by atoms with Crippen LogP contribution < -0.4 is 5.43 Å². The summed E-state index contributed by atoms with van der Waals surface area (Å²) in [5, 5.41) is 4.20. The molecule has 1 atom stereocenters. The molecule has 0 aromatic heterocycles. The minimum Gasteiger partial charge on any atom is -0.322 e. The normalized spacial score (nSPS) is 16.2. The molecule has 0 saturated carbocycles. The van der Waals surface area contributed by atoms with Crippen molar-refractivity contribution in [2.75, 3.05) is 5.75 Å². The lowest BCUT2D eigenvalue weighted by Gasteiger charge is -2.24. The Kier molecular flexibility index (Phi) is 7.58. The van der Waals surface area contributed by atoms with E-state index >= 15 is 0 Å². The van der Waals surface area contributed by atoms with E-state index in [1.807, 2.05) is 72.5 Å². The van der Waals surface area contributed by atoms with Crippen molar-refractivity contribution in [2.24, 2.45) is 5.10 Å². The largest absolute Gasteiger partial charge is 0.322 e. The number of hydrogen-bond donors (Lipinski definition) is 1. The van der Waals surface area contributed by atoms with Crippen molar-refractivity contribution in [3.05, 3.63) is 107 Å². The fraction of sp³-hybridized carbons (Fsp3) is 0.222. The van der Waals surface area contributed by atoms with Crippen LogP contribution in [-0.4, -0.2) is 28.2 Å². The van der Waals surface area contributed by atoms with Crippen LogP contribution in [0.1, 0.15) is 45.8 Å². The molecule has 0 bridgehead atoms. The van der Waals surface area contributed by atoms with Crippen LogP contribution in [0.4, 0.5) is 0 Å². The van der Waals surface area contributed by atoms with E-state index in [4.69, 9.17) is 0 Å². The summed E-state index contributed by atoms with van der Waals surface area (Å²) in [6.45, 7) is 2.50. The van der Waals surface area contributed by atoms with Crippen molar-refractivity contribution >= 4 is 29.3 Å². The summed E-state index contributed by atoms with van der Waals surface area (Å²) in [5.41, 5.74) is 7.44. The first kappa shape index (κ1) is 22.8. The summed E-state index contributed by atoms with van der Waals surface area (Å²) < 4.78 is 0. The number of rotatable bonds is 8. The van der Waals surface area contributed by atoms with E-state index in [0.717, 1.165) is 29.7 Å². The smallest absolute Gasteiger partial charge is 0.271 e. The van der Waals surface area contributed by atoms with Gasteiger partial charge >= 0.3 is 0 Å². The van der Waals surface area contributed by atoms with Gasteiger partial charge in [-0.1, -0.05) is 72.8 Å². The molecule has 2 amide bonds. The standard InChI is InChI=1S/C27H27N3O2S/c1-20(12-13-21-8-4-2-5-9-21)28-29-26(32)23-14-16-24(17-15-23)27-30(25(31)19-33-27)18-22-10-6-3-7-11-22/h2-11,14-17,27H,12-13,18-19H2,1H3,(H,29,32). The number of thioether (sulfide) groups is 1. The minimum absolute atomic E-state index is 0.0481. The third-order valence-electron chi connectivity index (χ3n) is 5.59. The van der Waals surface area contributed by atoms with E-state index in [1.165, 1.54) is 5.56 Å². The molecule has 1 N–H and O–H groups in total. The van der Waals surface area contributed by atoms with Gasteiger partial charge in [0.05, 0.1) is 5.75 Å². The highest BCUT2D eigenvalue weighted by Gasteiger charge is 2.32. The zero-order chi connectivity index (χ0) is 23.0. The van der Waals surface area contributed by atoms with Gasteiger partial charge in [0.15, 0.2) is 0 Å². The predicted molar refractivity (Wildman–Crippen MR) is 134 cm³/mol. The lowest BCUT2D eigenvalue weighted by molar-refractivity contribution is -0.128. The number of carbonyl (C=O) groups excluding carboxylic acids is 2. The number of hydrazone groups is 1. The third-order valence-corrected chi connectivity index (χ3v) is 6.84. The van der Waals surface area contributed by atoms with Gasteiger partial charge in [-0.05, 0) is 48.6 Å². The Labute approximate surface area is 198 Å². The van der Waals surface area contributed by atoms with Crippen LogP contribution in [0.15, 0.2) is 90.0 Å². The summed E-state index contributed by atoms with van der Waals surface area (Å²) in [4.78, 5) is 26.9. The average molecular weight is 458 g/mol. The number of amides is 2. The Morgan fingerprint density at radius 2 is 1.61 bits per heavy atom. The molecule has 5 nitrogen and oxygen atoms in total. The number of hydrogen-bond acceptors (Lipinski definition) is 4. The lowest BCUT2D eigenvalue weighted by atomic mass is 10.1. The van der Waals surface area contributed by atoms with Crippen LogP contribution in [0, 0.1) is 0 Å². The summed E-state index contributed by atoms with van der Waals surface area (Å²) >= 11 is 1.62. The molecule has 1 unspecified atom stereocenters. The monoisotopic (exact) mass is 457 g/mol. The van der Waals surface area contributed by atoms with E-state index in [-0.39, 0.29) is 17.2 Å². The van der Waals surface area contributed by atoms with Gasteiger partial charge in [-0.3, -0.25) is 9.59 Å². The molecule has 33 heavy (non-hydrogen) atoms. The van der Waals surface area contributed by atoms with Gasteiger partial charge in [-0.15, -0.1) is 11.8 Å². The SMILES string of the molecule is CC(CCc1ccccc1)=NNC(=O)c1ccc(C2SCC(=O)N2Cc2ccccc2)cc1. The average Bonchev–Trinajstić information content (AvgIpc) is 3.22. The molecule has 0 spiro atoms. The van der Waals surface area contributed by atoms with Crippen LogP contribution in [0.2, 0.25) is 0 Å². The first-order chi connectivity index (χ1) is 16.1. The number of aryl methyl sites for hydroxylation is 1. The van der Waals surface area contributed by atoms with Crippen molar-refractivity contribution in [2.45, 2.75) is 31.7 Å². The van der Waals surface area contributed by atoms with Gasteiger partial charge in [-0.2, -0.15) is 5.10 Å². The zero-order valence-electron chi connectivity index (χ0n) is 18.6. The van der Waals surface area contributed by atoms with Crippen molar-refractivity contribution in [3.63, 3.8) is 0 Å². The fourth-order valence-corrected chi connectivity index (χ4v) is 4.90. The molecule has 1 saturated heterocycles. The van der Waals surface area contributed by atoms with Crippen molar-refractivity contribution in [1.29, 1.82) is 0 Å². The Morgan fingerprint density at radius 1 is 0.970 bits per heavy atom. The molecule has 6 heteroatoms. The Morgan fingerprint density at radius 3 is 2.27 bits per heavy atom. The van der Waals surface area contributed by atoms with Gasteiger partial charge < -0.3 is 4.90 Å². The second-order valence-corrected chi connectivity index (χ2v) is 9.13. The maximum absolute atomic E-state index is 12.5. The first-order valence-electron chi connectivity index (χ1n) is 11.0. The Balaban J connectivity index is 1.35. The summed E-state index contributed by atoms with van der Waals surface area (Å²) in [6.07, 6.45) is 1.67. The van der Waals surface area contributed by atoms with Crippen LogP contribution in [-0.2, 0) is 17.8 Å². The zero-order valence-corrected chi connectivity index (χ0v) is 19.4. The minimum atomic E-state index is -0.239. The highest BCUT2D eigenvalue weighted by atomic mass is 32.2. The van der Waals surface area contributed by atoms with Gasteiger partial charge in [-0.25, -0.2) is 5.43 Å². The van der Waals surface area contributed by atoms with Crippen molar-refractivity contribution in [3.8, 4) is 0 Å². The second-order valence-electron chi connectivity index (χ2n) is 8.07. The summed E-state index contributed by atoms with van der Waals surface area (Å²) in [7, 11) is 0. The molecule has 1 aliphatic rings. The molecule has 1 heterocycles.